The molecule has 0 saturated heterocycles. The quantitative estimate of drug-likeness (QED) is 0.803. The molecule has 0 aliphatic carbocycles. The summed E-state index contributed by atoms with van der Waals surface area (Å²) in [4.78, 5) is 26.0. The molecular weight excluding hydrogens is 330 g/mol. The van der Waals surface area contributed by atoms with Gasteiger partial charge >= 0.3 is 0 Å². The standard InChI is InChI=1S/C17H20ClN3O3/c1-12(13-4-6-14(18)7-5-13)20(2)17(23)15-8-9-16(22)21(19-15)10-11-24-3/h4-9,12H,10-11H2,1-3H3. The third-order valence-corrected chi connectivity index (χ3v) is 4.10. The molecule has 0 saturated carbocycles. The third kappa shape index (κ3) is 4.21. The molecule has 2 rings (SSSR count). The minimum absolute atomic E-state index is 0.157. The van der Waals surface area contributed by atoms with Crippen LogP contribution in [0.4, 0.5) is 0 Å². The number of amides is 1. The van der Waals surface area contributed by atoms with E-state index in [4.69, 9.17) is 16.3 Å². The highest BCUT2D eigenvalue weighted by Gasteiger charge is 2.20. The molecule has 1 aromatic heterocycles. The number of benzene rings is 1. The van der Waals surface area contributed by atoms with E-state index in [-0.39, 0.29) is 23.2 Å². The number of hydrogen-bond acceptors (Lipinski definition) is 4. The highest BCUT2D eigenvalue weighted by atomic mass is 35.5. The van der Waals surface area contributed by atoms with Crippen LogP contribution in [0.2, 0.25) is 5.02 Å². The van der Waals surface area contributed by atoms with Crippen molar-refractivity contribution >= 4 is 17.5 Å². The molecule has 0 N–H and O–H groups in total. The van der Waals surface area contributed by atoms with Gasteiger partial charge in [-0.3, -0.25) is 9.59 Å². The monoisotopic (exact) mass is 349 g/mol. The van der Waals surface area contributed by atoms with Gasteiger partial charge in [-0.05, 0) is 30.7 Å². The predicted molar refractivity (Wildman–Crippen MR) is 92.3 cm³/mol. The number of hydrogen-bond donors (Lipinski definition) is 0. The van der Waals surface area contributed by atoms with Gasteiger partial charge < -0.3 is 9.64 Å². The van der Waals surface area contributed by atoms with E-state index in [1.807, 2.05) is 19.1 Å². The van der Waals surface area contributed by atoms with Gasteiger partial charge in [0.05, 0.1) is 19.2 Å². The lowest BCUT2D eigenvalue weighted by Gasteiger charge is -2.25. The lowest BCUT2D eigenvalue weighted by Crippen LogP contribution is -2.33. The van der Waals surface area contributed by atoms with Crippen molar-refractivity contribution < 1.29 is 9.53 Å². The Morgan fingerprint density at radius 3 is 2.58 bits per heavy atom. The highest BCUT2D eigenvalue weighted by Crippen LogP contribution is 2.21. The summed E-state index contributed by atoms with van der Waals surface area (Å²) in [5, 5.41) is 4.78. The lowest BCUT2D eigenvalue weighted by molar-refractivity contribution is 0.0733. The fraction of sp³-hybridized carbons (Fsp3) is 0.353. The average Bonchev–Trinajstić information content (AvgIpc) is 2.60. The first-order chi connectivity index (χ1) is 11.4. The number of aromatic nitrogens is 2. The molecule has 0 radical (unpaired) electrons. The van der Waals surface area contributed by atoms with E-state index in [9.17, 15) is 9.59 Å². The minimum atomic E-state index is -0.267. The second-order valence-electron chi connectivity index (χ2n) is 5.42. The molecule has 0 fully saturated rings. The number of carbonyl (C=O) groups excluding carboxylic acids is 1. The van der Waals surface area contributed by atoms with E-state index >= 15 is 0 Å². The molecule has 1 atom stereocenters. The number of nitrogens with zero attached hydrogens (tertiary/aromatic N) is 3. The molecule has 1 aromatic carbocycles. The van der Waals surface area contributed by atoms with Crippen molar-refractivity contribution in [2.24, 2.45) is 0 Å². The van der Waals surface area contributed by atoms with E-state index < -0.39 is 0 Å². The molecule has 0 aliphatic heterocycles. The maximum atomic E-state index is 12.7. The first-order valence-corrected chi connectivity index (χ1v) is 7.91. The third-order valence-electron chi connectivity index (χ3n) is 3.85. The lowest BCUT2D eigenvalue weighted by atomic mass is 10.1. The molecule has 7 heteroatoms. The van der Waals surface area contributed by atoms with Crippen molar-refractivity contribution in [2.45, 2.75) is 19.5 Å². The number of rotatable bonds is 6. The van der Waals surface area contributed by atoms with Crippen molar-refractivity contribution in [3.05, 3.63) is 63.0 Å². The SMILES string of the molecule is COCCn1nc(C(=O)N(C)C(C)c2ccc(Cl)cc2)ccc1=O. The second kappa shape index (κ2) is 8.08. The van der Waals surface area contributed by atoms with Crippen LogP contribution >= 0.6 is 11.6 Å². The van der Waals surface area contributed by atoms with Crippen molar-refractivity contribution in [1.82, 2.24) is 14.7 Å². The van der Waals surface area contributed by atoms with Crippen LogP contribution in [0.1, 0.15) is 29.0 Å². The Kier molecular flexibility index (Phi) is 6.11. The zero-order valence-electron chi connectivity index (χ0n) is 13.9. The number of carbonyl (C=O) groups is 1. The van der Waals surface area contributed by atoms with Crippen LogP contribution in [0.5, 0.6) is 0 Å². The van der Waals surface area contributed by atoms with Crippen LogP contribution in [-0.2, 0) is 11.3 Å². The summed E-state index contributed by atoms with van der Waals surface area (Å²) in [6.07, 6.45) is 0. The van der Waals surface area contributed by atoms with Gasteiger partial charge in [-0.2, -0.15) is 5.10 Å². The first-order valence-electron chi connectivity index (χ1n) is 7.53. The van der Waals surface area contributed by atoms with Gasteiger partial charge in [0.1, 0.15) is 5.69 Å². The van der Waals surface area contributed by atoms with Crippen LogP contribution < -0.4 is 5.56 Å². The van der Waals surface area contributed by atoms with Crippen molar-refractivity contribution in [3.63, 3.8) is 0 Å². The molecule has 6 nitrogen and oxygen atoms in total. The maximum absolute atomic E-state index is 12.7. The summed E-state index contributed by atoms with van der Waals surface area (Å²) in [6.45, 7) is 2.57. The van der Waals surface area contributed by atoms with Crippen molar-refractivity contribution in [2.75, 3.05) is 20.8 Å². The number of methoxy groups -OCH3 is 1. The molecular formula is C17H20ClN3O3. The molecule has 0 bridgehead atoms. The molecule has 24 heavy (non-hydrogen) atoms. The largest absolute Gasteiger partial charge is 0.383 e. The van der Waals surface area contributed by atoms with Crippen LogP contribution in [-0.4, -0.2) is 41.4 Å². The fourth-order valence-corrected chi connectivity index (χ4v) is 2.35. The molecule has 1 unspecified atom stereocenters. The second-order valence-corrected chi connectivity index (χ2v) is 5.85. The molecule has 1 heterocycles. The summed E-state index contributed by atoms with van der Waals surface area (Å²) in [7, 11) is 3.25. The minimum Gasteiger partial charge on any atom is -0.383 e. The molecule has 128 valence electrons. The highest BCUT2D eigenvalue weighted by molar-refractivity contribution is 6.30. The first kappa shape index (κ1) is 18.2. The van der Waals surface area contributed by atoms with E-state index in [1.54, 1.807) is 31.2 Å². The summed E-state index contributed by atoms with van der Waals surface area (Å²) < 4.78 is 6.18. The Balaban J connectivity index is 2.20. The Morgan fingerprint density at radius 1 is 1.29 bits per heavy atom. The Morgan fingerprint density at radius 2 is 1.96 bits per heavy atom. The van der Waals surface area contributed by atoms with Crippen molar-refractivity contribution in [3.8, 4) is 0 Å². The summed E-state index contributed by atoms with van der Waals surface area (Å²) in [6, 6.07) is 9.96. The Bertz CT molecular complexity index is 758. The summed E-state index contributed by atoms with van der Waals surface area (Å²) >= 11 is 5.90. The van der Waals surface area contributed by atoms with Gasteiger partial charge in [-0.1, -0.05) is 23.7 Å². The van der Waals surface area contributed by atoms with Crippen LogP contribution in [0.15, 0.2) is 41.2 Å². The van der Waals surface area contributed by atoms with Gasteiger partial charge in [0.25, 0.3) is 11.5 Å². The summed E-state index contributed by atoms with van der Waals surface area (Å²) in [5.41, 5.74) is 0.911. The van der Waals surface area contributed by atoms with Crippen LogP contribution in [0, 0.1) is 0 Å². The predicted octanol–water partition coefficient (Wildman–Crippen LogP) is 2.38. The van der Waals surface area contributed by atoms with Gasteiger partial charge in [0.2, 0.25) is 0 Å². The van der Waals surface area contributed by atoms with E-state index in [0.29, 0.717) is 18.2 Å². The zero-order chi connectivity index (χ0) is 17.7. The fourth-order valence-electron chi connectivity index (χ4n) is 2.22. The number of ether oxygens (including phenoxy) is 1. The normalized spacial score (nSPS) is 12.0. The molecule has 2 aromatic rings. The van der Waals surface area contributed by atoms with E-state index in [0.717, 1.165) is 5.56 Å². The van der Waals surface area contributed by atoms with Gasteiger partial charge in [0.15, 0.2) is 0 Å². The average molecular weight is 350 g/mol. The Hall–Kier alpha value is -2.18. The van der Waals surface area contributed by atoms with Crippen LogP contribution in [0.25, 0.3) is 0 Å². The number of halogens is 1. The summed E-state index contributed by atoms with van der Waals surface area (Å²) in [5.74, 6) is -0.261. The van der Waals surface area contributed by atoms with E-state index in [1.165, 1.54) is 16.8 Å². The van der Waals surface area contributed by atoms with E-state index in [2.05, 4.69) is 5.10 Å². The Labute approximate surface area is 145 Å². The van der Waals surface area contributed by atoms with Gasteiger partial charge in [-0.25, -0.2) is 4.68 Å². The van der Waals surface area contributed by atoms with Crippen molar-refractivity contribution in [1.29, 1.82) is 0 Å². The van der Waals surface area contributed by atoms with Gasteiger partial charge in [-0.15, -0.1) is 0 Å². The molecule has 0 aliphatic rings. The zero-order valence-corrected chi connectivity index (χ0v) is 14.7. The van der Waals surface area contributed by atoms with Gasteiger partial charge in [0, 0.05) is 25.2 Å². The smallest absolute Gasteiger partial charge is 0.274 e. The molecule has 1 amide bonds. The maximum Gasteiger partial charge on any atom is 0.274 e. The molecule has 0 spiro atoms. The topological polar surface area (TPSA) is 64.4 Å². The van der Waals surface area contributed by atoms with Crippen LogP contribution in [0.3, 0.4) is 0 Å².